The van der Waals surface area contributed by atoms with Gasteiger partial charge in [-0.15, -0.1) is 0 Å². The fourth-order valence-corrected chi connectivity index (χ4v) is 3.36. The van der Waals surface area contributed by atoms with Crippen LogP contribution in [0.3, 0.4) is 0 Å². The maximum absolute atomic E-state index is 11.0. The molecule has 2 N–H and O–H groups in total. The van der Waals surface area contributed by atoms with Crippen molar-refractivity contribution in [1.29, 1.82) is 0 Å². The van der Waals surface area contributed by atoms with Crippen molar-refractivity contribution in [2.24, 2.45) is 5.92 Å². The monoisotopic (exact) mass is 250 g/mol. The van der Waals surface area contributed by atoms with Crippen molar-refractivity contribution >= 4 is 29.0 Å². The van der Waals surface area contributed by atoms with E-state index < -0.39 is 0 Å². The summed E-state index contributed by atoms with van der Waals surface area (Å²) in [5.41, 5.74) is 1.93. The summed E-state index contributed by atoms with van der Waals surface area (Å²) in [6.07, 6.45) is 0. The van der Waals surface area contributed by atoms with Crippen molar-refractivity contribution < 1.29 is 4.79 Å². The number of anilines is 2. The Kier molecular flexibility index (Phi) is 3.94. The molecule has 1 aliphatic rings. The number of carbonyl (C=O) groups is 1. The van der Waals surface area contributed by atoms with Crippen molar-refractivity contribution in [3.8, 4) is 0 Å². The highest BCUT2D eigenvalue weighted by Crippen LogP contribution is 2.27. The van der Waals surface area contributed by atoms with Crippen LogP contribution >= 0.6 is 11.8 Å². The fourth-order valence-electron chi connectivity index (χ4n) is 1.95. The molecule has 1 fully saturated rings. The number of benzene rings is 1. The Labute approximate surface area is 106 Å². The molecule has 17 heavy (non-hydrogen) atoms. The second-order valence-corrected chi connectivity index (χ2v) is 5.60. The molecule has 4 heteroatoms. The lowest BCUT2D eigenvalue weighted by Gasteiger charge is -2.18. The van der Waals surface area contributed by atoms with E-state index in [4.69, 9.17) is 0 Å². The first kappa shape index (κ1) is 12.3. The Balaban J connectivity index is 2.03. The smallest absolute Gasteiger partial charge is 0.221 e. The Morgan fingerprint density at radius 3 is 2.76 bits per heavy atom. The molecule has 1 saturated heterocycles. The van der Waals surface area contributed by atoms with Gasteiger partial charge in [0.05, 0.1) is 0 Å². The van der Waals surface area contributed by atoms with Gasteiger partial charge < -0.3 is 10.6 Å². The van der Waals surface area contributed by atoms with Crippen LogP contribution in [0.5, 0.6) is 0 Å². The topological polar surface area (TPSA) is 41.1 Å². The minimum Gasteiger partial charge on any atom is -0.381 e. The van der Waals surface area contributed by atoms with Crippen LogP contribution < -0.4 is 10.6 Å². The standard InChI is InChI=1S/C13H18N2OS/c1-9-7-17-8-13(9)15-12-5-3-4-11(6-12)14-10(2)16/h3-6,9,13,15H,7-8H2,1-2H3,(H,14,16). The van der Waals surface area contributed by atoms with Gasteiger partial charge in [0, 0.05) is 30.1 Å². The normalized spacial score (nSPS) is 23.4. The SMILES string of the molecule is CC(=O)Nc1cccc(NC2CSCC2C)c1. The quantitative estimate of drug-likeness (QED) is 0.866. The molecular formula is C13H18N2OS. The van der Waals surface area contributed by atoms with Crippen LogP contribution in [0.2, 0.25) is 0 Å². The molecule has 0 aliphatic carbocycles. The molecule has 1 amide bonds. The zero-order valence-electron chi connectivity index (χ0n) is 10.2. The number of carbonyl (C=O) groups excluding carboxylic acids is 1. The summed E-state index contributed by atoms with van der Waals surface area (Å²) in [7, 11) is 0. The van der Waals surface area contributed by atoms with Gasteiger partial charge in [-0.2, -0.15) is 11.8 Å². The maximum Gasteiger partial charge on any atom is 0.221 e. The number of hydrogen-bond acceptors (Lipinski definition) is 3. The van der Waals surface area contributed by atoms with Crippen molar-refractivity contribution in [3.63, 3.8) is 0 Å². The van der Waals surface area contributed by atoms with Crippen molar-refractivity contribution in [3.05, 3.63) is 24.3 Å². The predicted octanol–water partition coefficient (Wildman–Crippen LogP) is 2.81. The molecule has 2 rings (SSSR count). The third-order valence-corrected chi connectivity index (χ3v) is 4.26. The van der Waals surface area contributed by atoms with Crippen LogP contribution in [-0.4, -0.2) is 23.5 Å². The zero-order chi connectivity index (χ0) is 12.3. The number of nitrogens with one attached hydrogen (secondary N) is 2. The summed E-state index contributed by atoms with van der Waals surface area (Å²) in [5.74, 6) is 3.05. The van der Waals surface area contributed by atoms with Gasteiger partial charge in [-0.05, 0) is 29.9 Å². The van der Waals surface area contributed by atoms with Gasteiger partial charge in [0.15, 0.2) is 0 Å². The molecule has 0 bridgehead atoms. The van der Waals surface area contributed by atoms with Crippen LogP contribution in [0.4, 0.5) is 11.4 Å². The van der Waals surface area contributed by atoms with Crippen molar-refractivity contribution in [1.82, 2.24) is 0 Å². The molecule has 92 valence electrons. The van der Waals surface area contributed by atoms with E-state index in [1.807, 2.05) is 36.0 Å². The van der Waals surface area contributed by atoms with Gasteiger partial charge >= 0.3 is 0 Å². The van der Waals surface area contributed by atoms with E-state index in [2.05, 4.69) is 17.6 Å². The van der Waals surface area contributed by atoms with Gasteiger partial charge in [0.1, 0.15) is 0 Å². The summed E-state index contributed by atoms with van der Waals surface area (Å²) in [6, 6.07) is 8.42. The summed E-state index contributed by atoms with van der Waals surface area (Å²) < 4.78 is 0. The minimum absolute atomic E-state index is 0.0352. The molecule has 0 radical (unpaired) electrons. The number of rotatable bonds is 3. The highest BCUT2D eigenvalue weighted by atomic mass is 32.2. The van der Waals surface area contributed by atoms with Crippen LogP contribution in [0.1, 0.15) is 13.8 Å². The lowest BCUT2D eigenvalue weighted by atomic mass is 10.1. The first-order valence-corrected chi connectivity index (χ1v) is 7.02. The van der Waals surface area contributed by atoms with Crippen LogP contribution in [0.15, 0.2) is 24.3 Å². The van der Waals surface area contributed by atoms with Crippen molar-refractivity contribution in [2.45, 2.75) is 19.9 Å². The van der Waals surface area contributed by atoms with E-state index in [1.54, 1.807) is 0 Å². The summed E-state index contributed by atoms with van der Waals surface area (Å²) in [6.45, 7) is 3.80. The lowest BCUT2D eigenvalue weighted by molar-refractivity contribution is -0.114. The van der Waals surface area contributed by atoms with E-state index in [-0.39, 0.29) is 5.91 Å². The lowest BCUT2D eigenvalue weighted by Crippen LogP contribution is -2.25. The highest BCUT2D eigenvalue weighted by Gasteiger charge is 2.23. The maximum atomic E-state index is 11.0. The Morgan fingerprint density at radius 1 is 1.35 bits per heavy atom. The minimum atomic E-state index is -0.0352. The molecule has 0 spiro atoms. The Hall–Kier alpha value is -1.16. The molecule has 2 atom stereocenters. The summed E-state index contributed by atoms with van der Waals surface area (Å²) in [4.78, 5) is 11.0. The molecule has 1 aliphatic heterocycles. The Bertz CT molecular complexity index is 408. The Morgan fingerprint density at radius 2 is 2.12 bits per heavy atom. The third-order valence-electron chi connectivity index (χ3n) is 2.90. The van der Waals surface area contributed by atoms with Crippen LogP contribution in [0, 0.1) is 5.92 Å². The predicted molar refractivity (Wildman–Crippen MR) is 74.6 cm³/mol. The fraction of sp³-hybridized carbons (Fsp3) is 0.462. The second-order valence-electron chi connectivity index (χ2n) is 4.53. The van der Waals surface area contributed by atoms with Crippen LogP contribution in [0.25, 0.3) is 0 Å². The average molecular weight is 250 g/mol. The second kappa shape index (κ2) is 5.45. The first-order valence-electron chi connectivity index (χ1n) is 5.87. The molecular weight excluding hydrogens is 232 g/mol. The first-order chi connectivity index (χ1) is 8.15. The molecule has 0 aromatic heterocycles. The number of thioether (sulfide) groups is 1. The van der Waals surface area contributed by atoms with Gasteiger partial charge in [0.2, 0.25) is 5.91 Å². The van der Waals surface area contributed by atoms with Gasteiger partial charge in [0.25, 0.3) is 0 Å². The van der Waals surface area contributed by atoms with Gasteiger partial charge in [-0.3, -0.25) is 4.79 Å². The molecule has 1 aromatic carbocycles. The van der Waals surface area contributed by atoms with Gasteiger partial charge in [-0.1, -0.05) is 13.0 Å². The molecule has 1 heterocycles. The zero-order valence-corrected chi connectivity index (χ0v) is 11.0. The van der Waals surface area contributed by atoms with E-state index in [1.165, 1.54) is 12.7 Å². The summed E-state index contributed by atoms with van der Waals surface area (Å²) in [5, 5.41) is 6.33. The molecule has 2 unspecified atom stereocenters. The highest BCUT2D eigenvalue weighted by molar-refractivity contribution is 7.99. The van der Waals surface area contributed by atoms with E-state index in [9.17, 15) is 4.79 Å². The van der Waals surface area contributed by atoms with E-state index >= 15 is 0 Å². The molecule has 3 nitrogen and oxygen atoms in total. The summed E-state index contributed by atoms with van der Waals surface area (Å²) >= 11 is 1.99. The largest absolute Gasteiger partial charge is 0.381 e. The van der Waals surface area contributed by atoms with Crippen molar-refractivity contribution in [2.75, 3.05) is 22.1 Å². The molecule has 0 saturated carbocycles. The average Bonchev–Trinajstić information content (AvgIpc) is 2.64. The van der Waals surface area contributed by atoms with E-state index in [0.717, 1.165) is 17.1 Å². The number of amides is 1. The molecule has 1 aromatic rings. The number of hydrogen-bond donors (Lipinski definition) is 2. The third kappa shape index (κ3) is 3.40. The van der Waals surface area contributed by atoms with Crippen LogP contribution in [-0.2, 0) is 4.79 Å². The van der Waals surface area contributed by atoms with E-state index in [0.29, 0.717) is 12.0 Å². The van der Waals surface area contributed by atoms with Gasteiger partial charge in [-0.25, -0.2) is 0 Å².